The summed E-state index contributed by atoms with van der Waals surface area (Å²) in [6.45, 7) is 0. The summed E-state index contributed by atoms with van der Waals surface area (Å²) in [5, 5.41) is 9.32. The van der Waals surface area contributed by atoms with Gasteiger partial charge in [-0.1, -0.05) is 6.07 Å². The minimum Gasteiger partial charge on any atom is -0.476 e. The van der Waals surface area contributed by atoms with Gasteiger partial charge in [0.1, 0.15) is 17.2 Å². The second-order valence-electron chi connectivity index (χ2n) is 4.18. The number of halogens is 2. The molecule has 0 aliphatic rings. The van der Waals surface area contributed by atoms with Gasteiger partial charge in [0.15, 0.2) is 5.69 Å². The number of aromatic nitrogens is 2. The number of aromatic carboxylic acids is 1. The number of imidazole rings is 1. The molecule has 0 radical (unpaired) electrons. The number of fused-ring (bicyclic) bond motifs is 1. The molecule has 0 atom stereocenters. The first kappa shape index (κ1) is 13.6. The standard InChI is InChI=1S/C14H8BrFN2O3/c15-9-7-8(4-5-10(9)16)21-13-12(14(19)20)18-6-2-1-3-11(18)17-13/h1-7H,(H,19,20). The Hall–Kier alpha value is -2.41. The van der Waals surface area contributed by atoms with Crippen molar-refractivity contribution in [1.29, 1.82) is 0 Å². The largest absolute Gasteiger partial charge is 0.476 e. The van der Waals surface area contributed by atoms with Crippen LogP contribution in [0.15, 0.2) is 47.1 Å². The number of carboxylic acid groups (broad SMARTS) is 1. The van der Waals surface area contributed by atoms with Crippen LogP contribution < -0.4 is 4.74 Å². The predicted octanol–water partition coefficient (Wildman–Crippen LogP) is 3.73. The molecule has 21 heavy (non-hydrogen) atoms. The molecular formula is C14H8BrFN2O3. The molecule has 0 amide bonds. The zero-order valence-electron chi connectivity index (χ0n) is 10.5. The lowest BCUT2D eigenvalue weighted by Gasteiger charge is -2.04. The molecule has 0 bridgehead atoms. The van der Waals surface area contributed by atoms with Crippen molar-refractivity contribution in [3.05, 3.63) is 58.6 Å². The Morgan fingerprint density at radius 2 is 2.14 bits per heavy atom. The van der Waals surface area contributed by atoms with Gasteiger partial charge in [-0.3, -0.25) is 4.40 Å². The van der Waals surface area contributed by atoms with Gasteiger partial charge < -0.3 is 9.84 Å². The van der Waals surface area contributed by atoms with E-state index in [1.165, 1.54) is 22.6 Å². The molecule has 1 N–H and O–H groups in total. The first-order valence-electron chi connectivity index (χ1n) is 5.89. The maximum Gasteiger partial charge on any atom is 0.358 e. The van der Waals surface area contributed by atoms with Crippen molar-refractivity contribution < 1.29 is 19.0 Å². The Bertz CT molecular complexity index is 847. The van der Waals surface area contributed by atoms with Crippen LogP contribution in [0.4, 0.5) is 4.39 Å². The average molecular weight is 351 g/mol. The van der Waals surface area contributed by atoms with Crippen LogP contribution in [0.2, 0.25) is 0 Å². The van der Waals surface area contributed by atoms with Crippen LogP contribution in [0.1, 0.15) is 10.5 Å². The van der Waals surface area contributed by atoms with Crippen LogP contribution in [0.3, 0.4) is 0 Å². The lowest BCUT2D eigenvalue weighted by molar-refractivity contribution is 0.0686. The predicted molar refractivity (Wildman–Crippen MR) is 76.3 cm³/mol. The smallest absolute Gasteiger partial charge is 0.358 e. The van der Waals surface area contributed by atoms with Gasteiger partial charge in [0.05, 0.1) is 4.47 Å². The highest BCUT2D eigenvalue weighted by Crippen LogP contribution is 2.28. The summed E-state index contributed by atoms with van der Waals surface area (Å²) in [5.74, 6) is -1.36. The molecule has 0 fully saturated rings. The van der Waals surface area contributed by atoms with E-state index in [1.54, 1.807) is 24.4 Å². The number of carbonyl (C=O) groups is 1. The van der Waals surface area contributed by atoms with Gasteiger partial charge in [-0.25, -0.2) is 9.18 Å². The van der Waals surface area contributed by atoms with E-state index in [-0.39, 0.29) is 21.8 Å². The number of carboxylic acids is 1. The van der Waals surface area contributed by atoms with Gasteiger partial charge in [0.25, 0.3) is 5.88 Å². The number of hydrogen-bond donors (Lipinski definition) is 1. The van der Waals surface area contributed by atoms with Crippen LogP contribution in [0.25, 0.3) is 5.65 Å². The van der Waals surface area contributed by atoms with Crippen molar-refractivity contribution in [2.75, 3.05) is 0 Å². The van der Waals surface area contributed by atoms with E-state index in [0.717, 1.165) is 0 Å². The molecule has 3 aromatic rings. The number of hydrogen-bond acceptors (Lipinski definition) is 3. The van der Waals surface area contributed by atoms with Gasteiger partial charge in [-0.2, -0.15) is 4.98 Å². The van der Waals surface area contributed by atoms with Gasteiger partial charge in [-0.15, -0.1) is 0 Å². The molecule has 0 saturated carbocycles. The lowest BCUT2D eigenvalue weighted by Crippen LogP contribution is -2.03. The fraction of sp³-hybridized carbons (Fsp3) is 0. The number of ether oxygens (including phenoxy) is 1. The molecule has 0 aliphatic carbocycles. The summed E-state index contributed by atoms with van der Waals surface area (Å²) in [4.78, 5) is 15.5. The Kier molecular flexibility index (Phi) is 3.34. The molecular weight excluding hydrogens is 343 g/mol. The monoisotopic (exact) mass is 350 g/mol. The molecule has 3 rings (SSSR count). The first-order valence-corrected chi connectivity index (χ1v) is 6.69. The summed E-state index contributed by atoms with van der Waals surface area (Å²) in [7, 11) is 0. The van der Waals surface area contributed by atoms with E-state index in [4.69, 9.17) is 4.74 Å². The molecule has 106 valence electrons. The maximum atomic E-state index is 13.2. The molecule has 0 unspecified atom stereocenters. The number of pyridine rings is 1. The molecule has 0 saturated heterocycles. The normalized spacial score (nSPS) is 10.8. The van der Waals surface area contributed by atoms with Crippen molar-refractivity contribution in [1.82, 2.24) is 9.38 Å². The van der Waals surface area contributed by atoms with Crippen molar-refractivity contribution >= 4 is 27.5 Å². The third kappa shape index (κ3) is 2.47. The highest BCUT2D eigenvalue weighted by molar-refractivity contribution is 9.10. The highest BCUT2D eigenvalue weighted by atomic mass is 79.9. The van der Waals surface area contributed by atoms with Crippen LogP contribution in [0, 0.1) is 5.82 Å². The Labute approximate surface area is 126 Å². The quantitative estimate of drug-likeness (QED) is 0.781. The molecule has 1 aromatic carbocycles. The Morgan fingerprint density at radius 3 is 2.86 bits per heavy atom. The zero-order valence-corrected chi connectivity index (χ0v) is 12.0. The number of benzene rings is 1. The van der Waals surface area contributed by atoms with Gasteiger partial charge >= 0.3 is 5.97 Å². The average Bonchev–Trinajstić information content (AvgIpc) is 2.80. The third-order valence-corrected chi connectivity index (χ3v) is 3.41. The number of rotatable bonds is 3. The zero-order chi connectivity index (χ0) is 15.0. The summed E-state index contributed by atoms with van der Waals surface area (Å²) in [6, 6.07) is 9.13. The summed E-state index contributed by atoms with van der Waals surface area (Å²) >= 11 is 3.04. The van der Waals surface area contributed by atoms with Crippen LogP contribution in [-0.4, -0.2) is 20.5 Å². The summed E-state index contributed by atoms with van der Waals surface area (Å²) < 4.78 is 20.3. The fourth-order valence-electron chi connectivity index (χ4n) is 1.89. The van der Waals surface area contributed by atoms with Crippen molar-refractivity contribution in [2.45, 2.75) is 0 Å². The molecule has 0 aliphatic heterocycles. The number of nitrogens with zero attached hydrogens (tertiary/aromatic N) is 2. The van der Waals surface area contributed by atoms with Crippen LogP contribution in [-0.2, 0) is 0 Å². The van der Waals surface area contributed by atoms with E-state index in [9.17, 15) is 14.3 Å². The first-order chi connectivity index (χ1) is 10.1. The Morgan fingerprint density at radius 1 is 1.33 bits per heavy atom. The Balaban J connectivity index is 2.09. The highest BCUT2D eigenvalue weighted by Gasteiger charge is 2.20. The topological polar surface area (TPSA) is 63.8 Å². The van der Waals surface area contributed by atoms with Crippen molar-refractivity contribution in [3.63, 3.8) is 0 Å². The van der Waals surface area contributed by atoms with E-state index in [0.29, 0.717) is 5.65 Å². The van der Waals surface area contributed by atoms with Crippen LogP contribution >= 0.6 is 15.9 Å². The third-order valence-electron chi connectivity index (χ3n) is 2.81. The lowest BCUT2D eigenvalue weighted by atomic mass is 10.3. The second-order valence-corrected chi connectivity index (χ2v) is 5.03. The minimum atomic E-state index is -1.16. The van der Waals surface area contributed by atoms with Crippen molar-refractivity contribution in [2.24, 2.45) is 0 Å². The fourth-order valence-corrected chi connectivity index (χ4v) is 2.25. The molecule has 0 spiro atoms. The van der Waals surface area contributed by atoms with Crippen molar-refractivity contribution in [3.8, 4) is 11.6 Å². The molecule has 2 heterocycles. The van der Waals surface area contributed by atoms with E-state index in [2.05, 4.69) is 20.9 Å². The molecule has 2 aromatic heterocycles. The molecule has 5 nitrogen and oxygen atoms in total. The van der Waals surface area contributed by atoms with Gasteiger partial charge in [0, 0.05) is 6.20 Å². The van der Waals surface area contributed by atoms with Gasteiger partial charge in [-0.05, 0) is 46.3 Å². The van der Waals surface area contributed by atoms with E-state index in [1.807, 2.05) is 0 Å². The van der Waals surface area contributed by atoms with E-state index < -0.39 is 11.8 Å². The SMILES string of the molecule is O=C(O)c1c(Oc2ccc(F)c(Br)c2)nc2ccccn12. The molecule has 7 heteroatoms. The van der Waals surface area contributed by atoms with Crippen LogP contribution in [0.5, 0.6) is 11.6 Å². The van der Waals surface area contributed by atoms with E-state index >= 15 is 0 Å². The summed E-state index contributed by atoms with van der Waals surface area (Å²) in [6.07, 6.45) is 1.58. The van der Waals surface area contributed by atoms with Gasteiger partial charge in [0.2, 0.25) is 0 Å². The second kappa shape index (κ2) is 5.17. The maximum absolute atomic E-state index is 13.2. The minimum absolute atomic E-state index is 0.0489. The summed E-state index contributed by atoms with van der Waals surface area (Å²) in [5.41, 5.74) is 0.358.